The molecule has 1 rings (SSSR count). The Morgan fingerprint density at radius 1 is 1.62 bits per heavy atom. The molecule has 0 aromatic carbocycles. The largest absolute Gasteiger partial charge is 0.211 e. The van der Waals surface area contributed by atoms with Gasteiger partial charge >= 0.3 is 0 Å². The Bertz CT molecular complexity index is 124. The monoisotopic (exact) mass is 111 g/mol. The van der Waals surface area contributed by atoms with Gasteiger partial charge in [-0.1, -0.05) is 11.6 Å². The van der Waals surface area contributed by atoms with Gasteiger partial charge in [0.05, 0.1) is 0 Å². The Balaban J connectivity index is 2.54. The summed E-state index contributed by atoms with van der Waals surface area (Å²) >= 11 is 0. The van der Waals surface area contributed by atoms with Crippen molar-refractivity contribution in [3.63, 3.8) is 0 Å². The molecule has 0 aromatic heterocycles. The van der Waals surface area contributed by atoms with E-state index in [4.69, 9.17) is 0 Å². The second kappa shape index (κ2) is 2.12. The van der Waals surface area contributed by atoms with Crippen LogP contribution in [0.25, 0.3) is 0 Å². The predicted molar refractivity (Wildman–Crippen MR) is 31.9 cm³/mol. The van der Waals surface area contributed by atoms with Crippen molar-refractivity contribution in [1.82, 2.24) is 0 Å². The van der Waals surface area contributed by atoms with Crippen molar-refractivity contribution in [2.45, 2.75) is 13.3 Å². The van der Waals surface area contributed by atoms with Crippen LogP contribution >= 0.6 is 0 Å². The maximum Gasteiger partial charge on any atom is 0.104 e. The molecule has 0 heterocycles. The zero-order chi connectivity index (χ0) is 5.98. The normalized spacial score (nSPS) is 19.8. The van der Waals surface area contributed by atoms with Crippen LogP contribution in [0.1, 0.15) is 13.3 Å². The van der Waals surface area contributed by atoms with Crippen molar-refractivity contribution in [3.05, 3.63) is 30.0 Å². The fourth-order valence-electron chi connectivity index (χ4n) is 0.616. The van der Waals surface area contributed by atoms with E-state index < -0.39 is 0 Å². The predicted octanol–water partition coefficient (Wildman–Crippen LogP) is 2.39. The summed E-state index contributed by atoms with van der Waals surface area (Å²) in [5.74, 6) is -0.115. The lowest BCUT2D eigenvalue weighted by Crippen LogP contribution is -1.84. The summed E-state index contributed by atoms with van der Waals surface area (Å²) in [5.41, 5.74) is 1.21. The fraction of sp³-hybridized carbons (Fsp3) is 0.286. The quantitative estimate of drug-likeness (QED) is 0.450. The summed E-state index contributed by atoms with van der Waals surface area (Å²) in [6.45, 7) is 1.99. The van der Waals surface area contributed by atoms with E-state index >= 15 is 0 Å². The number of hydrogen-bond donors (Lipinski definition) is 0. The molecule has 43 valence electrons. The van der Waals surface area contributed by atoms with Gasteiger partial charge in [0.15, 0.2) is 0 Å². The first-order chi connectivity index (χ1) is 3.79. The highest BCUT2D eigenvalue weighted by Gasteiger charge is 1.98. The molecule has 0 spiro atoms. The molecule has 1 aliphatic rings. The molecular formula is C7H8F. The maximum absolute atomic E-state index is 12.1. The molecule has 8 heavy (non-hydrogen) atoms. The van der Waals surface area contributed by atoms with Crippen LogP contribution in [0.2, 0.25) is 0 Å². The van der Waals surface area contributed by atoms with E-state index in [0.29, 0.717) is 0 Å². The van der Waals surface area contributed by atoms with Gasteiger partial charge in [-0.15, -0.1) is 0 Å². The molecule has 1 radical (unpaired) electrons. The van der Waals surface area contributed by atoms with E-state index in [-0.39, 0.29) is 5.83 Å². The van der Waals surface area contributed by atoms with Crippen molar-refractivity contribution in [3.8, 4) is 0 Å². The summed E-state index contributed by atoms with van der Waals surface area (Å²) in [5, 5.41) is 0. The standard InChI is InChI=1S/C7H8F/c1-6-2-4-7(8)5-3-6/h2,4-5H,3H2,1H3. The van der Waals surface area contributed by atoms with Crippen LogP contribution in [0.3, 0.4) is 0 Å². The summed E-state index contributed by atoms with van der Waals surface area (Å²) in [7, 11) is 0. The van der Waals surface area contributed by atoms with Gasteiger partial charge in [-0.05, 0) is 19.4 Å². The van der Waals surface area contributed by atoms with E-state index in [2.05, 4.69) is 0 Å². The third-order valence-corrected chi connectivity index (χ3v) is 1.15. The lowest BCUT2D eigenvalue weighted by Gasteiger charge is -2.01. The average molecular weight is 111 g/mol. The van der Waals surface area contributed by atoms with Crippen LogP contribution in [0.4, 0.5) is 4.39 Å². The van der Waals surface area contributed by atoms with Crippen molar-refractivity contribution < 1.29 is 4.39 Å². The molecule has 0 unspecified atom stereocenters. The smallest absolute Gasteiger partial charge is 0.104 e. The first-order valence-electron chi connectivity index (χ1n) is 2.65. The minimum atomic E-state index is -0.115. The van der Waals surface area contributed by atoms with Gasteiger partial charge < -0.3 is 0 Å². The van der Waals surface area contributed by atoms with Crippen LogP contribution in [0, 0.1) is 6.42 Å². The second-order valence-corrected chi connectivity index (χ2v) is 1.97. The van der Waals surface area contributed by atoms with Gasteiger partial charge in [0, 0.05) is 6.42 Å². The van der Waals surface area contributed by atoms with Crippen molar-refractivity contribution in [2.75, 3.05) is 0 Å². The molecule has 0 N–H and O–H groups in total. The lowest BCUT2D eigenvalue weighted by molar-refractivity contribution is 0.645. The Kier molecular flexibility index (Phi) is 1.47. The third-order valence-electron chi connectivity index (χ3n) is 1.15. The lowest BCUT2D eigenvalue weighted by atomic mass is 10.1. The minimum absolute atomic E-state index is 0.115. The summed E-state index contributed by atoms with van der Waals surface area (Å²) in [4.78, 5) is 0. The van der Waals surface area contributed by atoms with Gasteiger partial charge in [-0.2, -0.15) is 0 Å². The molecule has 0 aliphatic heterocycles. The molecule has 0 fully saturated rings. The second-order valence-electron chi connectivity index (χ2n) is 1.97. The molecular weight excluding hydrogens is 103 g/mol. The molecule has 0 aromatic rings. The summed E-state index contributed by atoms with van der Waals surface area (Å²) in [6, 6.07) is 0. The number of hydrogen-bond acceptors (Lipinski definition) is 0. The molecule has 0 amide bonds. The van der Waals surface area contributed by atoms with Gasteiger partial charge in [0.2, 0.25) is 0 Å². The first-order valence-corrected chi connectivity index (χ1v) is 2.65. The highest BCUT2D eigenvalue weighted by molar-refractivity contribution is 5.25. The van der Waals surface area contributed by atoms with Crippen molar-refractivity contribution in [2.24, 2.45) is 0 Å². The third kappa shape index (κ3) is 1.19. The van der Waals surface area contributed by atoms with Crippen LogP contribution in [0.5, 0.6) is 0 Å². The van der Waals surface area contributed by atoms with E-state index in [1.807, 2.05) is 6.92 Å². The van der Waals surface area contributed by atoms with Gasteiger partial charge in [0.1, 0.15) is 5.83 Å². The number of rotatable bonds is 0. The van der Waals surface area contributed by atoms with Crippen molar-refractivity contribution in [1.29, 1.82) is 0 Å². The van der Waals surface area contributed by atoms with Gasteiger partial charge in [0.25, 0.3) is 0 Å². The Morgan fingerprint density at radius 3 is 2.75 bits per heavy atom. The molecule has 0 saturated carbocycles. The van der Waals surface area contributed by atoms with Crippen molar-refractivity contribution >= 4 is 0 Å². The average Bonchev–Trinajstić information content (AvgIpc) is 1.77. The van der Waals surface area contributed by atoms with E-state index in [1.165, 1.54) is 12.0 Å². The molecule has 0 atom stereocenters. The van der Waals surface area contributed by atoms with Crippen LogP contribution in [-0.4, -0.2) is 0 Å². The highest BCUT2D eigenvalue weighted by Crippen LogP contribution is 2.15. The molecule has 1 aliphatic carbocycles. The van der Waals surface area contributed by atoms with Crippen LogP contribution in [-0.2, 0) is 0 Å². The Morgan fingerprint density at radius 2 is 2.38 bits per heavy atom. The Hall–Kier alpha value is -0.590. The summed E-state index contributed by atoms with van der Waals surface area (Å²) < 4.78 is 12.1. The minimum Gasteiger partial charge on any atom is -0.211 e. The topological polar surface area (TPSA) is 0 Å². The van der Waals surface area contributed by atoms with E-state index in [9.17, 15) is 4.39 Å². The summed E-state index contributed by atoms with van der Waals surface area (Å²) in [6.07, 6.45) is 5.63. The molecule has 0 bridgehead atoms. The zero-order valence-electron chi connectivity index (χ0n) is 4.82. The molecule has 0 saturated heterocycles. The first kappa shape index (κ1) is 5.54. The van der Waals surface area contributed by atoms with E-state index in [0.717, 1.165) is 6.42 Å². The molecule has 1 heteroatoms. The van der Waals surface area contributed by atoms with Gasteiger partial charge in [-0.3, -0.25) is 0 Å². The highest BCUT2D eigenvalue weighted by atomic mass is 19.1. The fourth-order valence-corrected chi connectivity index (χ4v) is 0.616. The number of halogens is 1. The van der Waals surface area contributed by atoms with Crippen LogP contribution in [0.15, 0.2) is 23.6 Å². The maximum atomic E-state index is 12.1. The molecule has 0 nitrogen and oxygen atoms in total. The number of allylic oxidation sites excluding steroid dienone is 4. The zero-order valence-corrected chi connectivity index (χ0v) is 4.82. The Labute approximate surface area is 48.7 Å². The van der Waals surface area contributed by atoms with Crippen LogP contribution < -0.4 is 0 Å². The van der Waals surface area contributed by atoms with E-state index in [1.54, 1.807) is 12.2 Å². The SMILES string of the molecule is CC1=C[CH]C(F)=CC1. The van der Waals surface area contributed by atoms with Gasteiger partial charge in [-0.25, -0.2) is 4.39 Å².